The summed E-state index contributed by atoms with van der Waals surface area (Å²) < 4.78 is 5.10. The fourth-order valence-electron chi connectivity index (χ4n) is 2.61. The summed E-state index contributed by atoms with van der Waals surface area (Å²) in [5, 5.41) is 1.80. The van der Waals surface area contributed by atoms with E-state index in [-0.39, 0.29) is 18.6 Å². The lowest BCUT2D eigenvalue weighted by Crippen LogP contribution is -2.38. The van der Waals surface area contributed by atoms with Crippen LogP contribution in [0.3, 0.4) is 0 Å². The van der Waals surface area contributed by atoms with Gasteiger partial charge in [-0.3, -0.25) is 4.79 Å². The molecule has 2 aromatic rings. The smallest absolute Gasteiger partial charge is 0.348 e. The average Bonchev–Trinajstić information content (AvgIpc) is 3.10. The molecule has 2 heterocycles. The van der Waals surface area contributed by atoms with Gasteiger partial charge in [0, 0.05) is 11.7 Å². The quantitative estimate of drug-likeness (QED) is 0.819. The Morgan fingerprint density at radius 2 is 2.10 bits per heavy atom. The van der Waals surface area contributed by atoms with Gasteiger partial charge in [0.25, 0.3) is 5.91 Å². The van der Waals surface area contributed by atoms with Crippen LogP contribution in [0.25, 0.3) is 0 Å². The largest absolute Gasteiger partial charge is 0.451 e. The molecule has 108 valence electrons. The topological polar surface area (TPSA) is 46.6 Å². The molecule has 1 aromatic carbocycles. The predicted molar refractivity (Wildman–Crippen MR) is 81.7 cm³/mol. The summed E-state index contributed by atoms with van der Waals surface area (Å²) >= 11 is 1.30. The number of hydrogen-bond donors (Lipinski definition) is 0. The fraction of sp³-hybridized carbons (Fsp3) is 0.250. The number of amides is 1. The maximum absolute atomic E-state index is 12.3. The average molecular weight is 301 g/mol. The second kappa shape index (κ2) is 5.69. The molecule has 0 fully saturated rings. The zero-order valence-corrected chi connectivity index (χ0v) is 12.4. The van der Waals surface area contributed by atoms with Gasteiger partial charge in [0.15, 0.2) is 6.61 Å². The van der Waals surface area contributed by atoms with E-state index in [1.54, 1.807) is 22.4 Å². The minimum atomic E-state index is -0.446. The van der Waals surface area contributed by atoms with Crippen molar-refractivity contribution >= 4 is 28.9 Å². The third-order valence-corrected chi connectivity index (χ3v) is 4.37. The van der Waals surface area contributed by atoms with Gasteiger partial charge in [0.1, 0.15) is 4.88 Å². The molecule has 1 aromatic heterocycles. The van der Waals surface area contributed by atoms with Crippen molar-refractivity contribution < 1.29 is 14.3 Å². The summed E-state index contributed by atoms with van der Waals surface area (Å²) in [6.07, 6.45) is 0.834. The second-order valence-electron chi connectivity index (χ2n) is 5.00. The molecule has 4 nitrogen and oxygen atoms in total. The van der Waals surface area contributed by atoms with Crippen molar-refractivity contribution in [1.82, 2.24) is 0 Å². The lowest BCUT2D eigenvalue weighted by Gasteiger charge is -2.22. The van der Waals surface area contributed by atoms with Gasteiger partial charge in [0.05, 0.1) is 0 Å². The van der Waals surface area contributed by atoms with Crippen molar-refractivity contribution in [3.05, 3.63) is 52.2 Å². The monoisotopic (exact) mass is 301 g/mol. The minimum absolute atomic E-state index is 0.0929. The highest BCUT2D eigenvalue weighted by atomic mass is 32.1. The van der Waals surface area contributed by atoms with E-state index in [0.29, 0.717) is 4.88 Å². The van der Waals surface area contributed by atoms with Crippen LogP contribution in [0.15, 0.2) is 41.8 Å². The van der Waals surface area contributed by atoms with Gasteiger partial charge in [-0.05, 0) is 36.4 Å². The van der Waals surface area contributed by atoms with E-state index in [1.807, 2.05) is 31.2 Å². The molecule has 0 N–H and O–H groups in total. The zero-order chi connectivity index (χ0) is 14.8. The lowest BCUT2D eigenvalue weighted by atomic mass is 10.1. The first kappa shape index (κ1) is 13.8. The zero-order valence-electron chi connectivity index (χ0n) is 11.6. The maximum atomic E-state index is 12.3. The van der Waals surface area contributed by atoms with Crippen molar-refractivity contribution in [2.45, 2.75) is 19.4 Å². The Morgan fingerprint density at radius 3 is 2.86 bits per heavy atom. The Morgan fingerprint density at radius 1 is 1.29 bits per heavy atom. The third kappa shape index (κ3) is 2.69. The van der Waals surface area contributed by atoms with Crippen molar-refractivity contribution in [3.8, 4) is 0 Å². The number of carbonyl (C=O) groups is 2. The van der Waals surface area contributed by atoms with Gasteiger partial charge >= 0.3 is 5.97 Å². The minimum Gasteiger partial charge on any atom is -0.451 e. The summed E-state index contributed by atoms with van der Waals surface area (Å²) in [4.78, 5) is 26.3. The van der Waals surface area contributed by atoms with E-state index in [1.165, 1.54) is 11.3 Å². The van der Waals surface area contributed by atoms with Crippen molar-refractivity contribution in [3.63, 3.8) is 0 Å². The molecule has 1 amide bonds. The standard InChI is InChI=1S/C16H15NO3S/c1-11-9-12-5-2-3-6-13(12)17(11)15(18)10-20-16(19)14-7-4-8-21-14/h2-8,11H,9-10H2,1H3/t11-/m1/s1. The SMILES string of the molecule is C[C@@H]1Cc2ccccc2N1C(=O)COC(=O)c1cccs1. The highest BCUT2D eigenvalue weighted by Gasteiger charge is 2.31. The number of anilines is 1. The first-order valence-corrected chi connectivity index (χ1v) is 7.65. The van der Waals surface area contributed by atoms with E-state index in [2.05, 4.69) is 0 Å². The van der Waals surface area contributed by atoms with Crippen LogP contribution in [0, 0.1) is 0 Å². The second-order valence-corrected chi connectivity index (χ2v) is 5.95. The molecule has 5 heteroatoms. The van der Waals surface area contributed by atoms with Crippen LogP contribution in [0.2, 0.25) is 0 Å². The number of rotatable bonds is 3. The van der Waals surface area contributed by atoms with Gasteiger partial charge in [-0.15, -0.1) is 11.3 Å². The highest BCUT2D eigenvalue weighted by Crippen LogP contribution is 2.31. The number of fused-ring (bicyclic) bond motifs is 1. The van der Waals surface area contributed by atoms with Crippen LogP contribution in [0.5, 0.6) is 0 Å². The Hall–Kier alpha value is -2.14. The molecule has 0 radical (unpaired) electrons. The Balaban J connectivity index is 1.67. The van der Waals surface area contributed by atoms with Crippen molar-refractivity contribution in [1.29, 1.82) is 0 Å². The van der Waals surface area contributed by atoms with Gasteiger partial charge < -0.3 is 9.64 Å². The van der Waals surface area contributed by atoms with Crippen LogP contribution in [-0.2, 0) is 16.0 Å². The molecular formula is C16H15NO3S. The summed E-state index contributed by atoms with van der Waals surface area (Å²) in [6, 6.07) is 11.4. The molecule has 3 rings (SSSR count). The molecule has 0 aliphatic carbocycles. The Labute approximate surface area is 127 Å². The van der Waals surface area contributed by atoms with Crippen LogP contribution in [0.1, 0.15) is 22.2 Å². The fourth-order valence-corrected chi connectivity index (χ4v) is 3.22. The summed E-state index contributed by atoms with van der Waals surface area (Å²) in [5.41, 5.74) is 2.07. The Kier molecular flexibility index (Phi) is 3.75. The summed E-state index contributed by atoms with van der Waals surface area (Å²) in [7, 11) is 0. The van der Waals surface area contributed by atoms with Crippen LogP contribution < -0.4 is 4.90 Å². The van der Waals surface area contributed by atoms with E-state index < -0.39 is 5.97 Å². The van der Waals surface area contributed by atoms with Gasteiger partial charge in [-0.25, -0.2) is 4.79 Å². The first-order valence-electron chi connectivity index (χ1n) is 6.77. The number of thiophene rings is 1. The maximum Gasteiger partial charge on any atom is 0.348 e. The van der Waals surface area contributed by atoms with E-state index in [0.717, 1.165) is 17.7 Å². The number of ether oxygens (including phenoxy) is 1. The highest BCUT2D eigenvalue weighted by molar-refractivity contribution is 7.11. The first-order chi connectivity index (χ1) is 10.2. The number of hydrogen-bond acceptors (Lipinski definition) is 4. The van der Waals surface area contributed by atoms with E-state index in [9.17, 15) is 9.59 Å². The molecule has 0 unspecified atom stereocenters. The molecule has 0 spiro atoms. The third-order valence-electron chi connectivity index (χ3n) is 3.53. The molecule has 0 saturated heterocycles. The molecule has 21 heavy (non-hydrogen) atoms. The van der Waals surface area contributed by atoms with Crippen LogP contribution >= 0.6 is 11.3 Å². The molecule has 1 aliphatic heterocycles. The lowest BCUT2D eigenvalue weighted by molar-refractivity contribution is -0.122. The number of para-hydroxylation sites is 1. The predicted octanol–water partition coefficient (Wildman–Crippen LogP) is 2.88. The van der Waals surface area contributed by atoms with E-state index in [4.69, 9.17) is 4.74 Å². The van der Waals surface area contributed by atoms with Gasteiger partial charge in [0.2, 0.25) is 0 Å². The molecule has 0 saturated carbocycles. The van der Waals surface area contributed by atoms with Gasteiger partial charge in [-0.2, -0.15) is 0 Å². The Bertz CT molecular complexity index is 666. The molecular weight excluding hydrogens is 286 g/mol. The number of nitrogens with zero attached hydrogens (tertiary/aromatic N) is 1. The van der Waals surface area contributed by atoms with Crippen LogP contribution in [-0.4, -0.2) is 24.5 Å². The molecule has 0 bridgehead atoms. The van der Waals surface area contributed by atoms with Crippen LogP contribution in [0.4, 0.5) is 5.69 Å². The van der Waals surface area contributed by atoms with Crippen molar-refractivity contribution in [2.24, 2.45) is 0 Å². The normalized spacial score (nSPS) is 16.6. The summed E-state index contributed by atoms with van der Waals surface area (Å²) in [5.74, 6) is -0.629. The summed E-state index contributed by atoms with van der Waals surface area (Å²) in [6.45, 7) is 1.77. The number of benzene rings is 1. The number of carbonyl (C=O) groups excluding carboxylic acids is 2. The molecule has 1 atom stereocenters. The number of esters is 1. The van der Waals surface area contributed by atoms with Gasteiger partial charge in [-0.1, -0.05) is 24.3 Å². The van der Waals surface area contributed by atoms with E-state index >= 15 is 0 Å². The van der Waals surface area contributed by atoms with Crippen molar-refractivity contribution in [2.75, 3.05) is 11.5 Å². The molecule has 1 aliphatic rings.